The van der Waals surface area contributed by atoms with Crippen LogP contribution < -0.4 is 0 Å². The summed E-state index contributed by atoms with van der Waals surface area (Å²) >= 11 is 0. The number of rotatable bonds is 4. The predicted molar refractivity (Wildman–Crippen MR) is 81.5 cm³/mol. The Kier molecular flexibility index (Phi) is 4.07. The number of aliphatic imine (C=N–C) groups is 1. The fourth-order valence-corrected chi connectivity index (χ4v) is 2.08. The van der Waals surface area contributed by atoms with Gasteiger partial charge in [-0.25, -0.2) is 9.37 Å². The highest BCUT2D eigenvalue weighted by Gasteiger charge is 2.08. The van der Waals surface area contributed by atoms with E-state index in [9.17, 15) is 9.50 Å². The van der Waals surface area contributed by atoms with E-state index in [1.54, 1.807) is 30.6 Å². The van der Waals surface area contributed by atoms with E-state index in [1.807, 2.05) is 12.1 Å². The van der Waals surface area contributed by atoms with Crippen LogP contribution in [0.2, 0.25) is 0 Å². The lowest BCUT2D eigenvalue weighted by molar-refractivity contribution is 0.282. The quantitative estimate of drug-likeness (QED) is 0.746. The summed E-state index contributed by atoms with van der Waals surface area (Å²) in [6.45, 7) is -0.129. The summed E-state index contributed by atoms with van der Waals surface area (Å²) in [5, 5.41) is 9.50. The van der Waals surface area contributed by atoms with Crippen molar-refractivity contribution >= 4 is 11.9 Å². The fraction of sp³-hybridized carbons (Fsp3) is 0.0588. The van der Waals surface area contributed by atoms with Crippen LogP contribution in [0.4, 0.5) is 10.1 Å². The maximum absolute atomic E-state index is 12.8. The van der Waals surface area contributed by atoms with Gasteiger partial charge in [-0.2, -0.15) is 0 Å². The third-order valence-electron chi connectivity index (χ3n) is 3.19. The van der Waals surface area contributed by atoms with E-state index in [0.29, 0.717) is 17.0 Å². The molecule has 0 aliphatic rings. The van der Waals surface area contributed by atoms with Gasteiger partial charge in [-0.1, -0.05) is 12.1 Å². The van der Waals surface area contributed by atoms with Crippen LogP contribution in [0, 0.1) is 5.82 Å². The summed E-state index contributed by atoms with van der Waals surface area (Å²) < 4.78 is 18.1. The first kappa shape index (κ1) is 14.2. The monoisotopic (exact) mass is 296 g/mol. The second-order valence-electron chi connectivity index (χ2n) is 4.67. The second-order valence-corrected chi connectivity index (χ2v) is 4.67. The van der Waals surface area contributed by atoms with Crippen molar-refractivity contribution in [3.8, 4) is 11.3 Å². The van der Waals surface area contributed by atoms with E-state index >= 15 is 0 Å². The number of halogens is 1. The van der Waals surface area contributed by atoms with Crippen LogP contribution in [0.25, 0.3) is 11.3 Å². The first-order chi connectivity index (χ1) is 10.8. The molecule has 4 nitrogen and oxygen atoms in total. The zero-order valence-corrected chi connectivity index (χ0v) is 11.6. The van der Waals surface area contributed by atoms with Crippen LogP contribution in [-0.2, 0) is 6.61 Å². The van der Waals surface area contributed by atoms with Gasteiger partial charge >= 0.3 is 0 Å². The summed E-state index contributed by atoms with van der Waals surface area (Å²) in [5.41, 5.74) is 2.97. The van der Waals surface area contributed by atoms with Gasteiger partial charge in [0.1, 0.15) is 5.82 Å². The normalized spacial score (nSPS) is 11.2. The zero-order valence-electron chi connectivity index (χ0n) is 11.6. The molecule has 0 amide bonds. The highest BCUT2D eigenvalue weighted by atomic mass is 19.1. The molecule has 3 aromatic rings. The molecule has 0 radical (unpaired) electrons. The van der Waals surface area contributed by atoms with E-state index in [0.717, 1.165) is 11.1 Å². The maximum Gasteiger partial charge on any atom is 0.181 e. The largest absolute Gasteiger partial charge is 0.444 e. The van der Waals surface area contributed by atoms with Crippen molar-refractivity contribution in [2.24, 2.45) is 4.99 Å². The van der Waals surface area contributed by atoms with E-state index in [4.69, 9.17) is 4.42 Å². The van der Waals surface area contributed by atoms with Gasteiger partial charge in [-0.15, -0.1) is 0 Å². The predicted octanol–water partition coefficient (Wildman–Crippen LogP) is 3.72. The van der Waals surface area contributed by atoms with Crippen LogP contribution in [0.3, 0.4) is 0 Å². The Morgan fingerprint density at radius 2 is 2.00 bits per heavy atom. The Labute approximate surface area is 126 Å². The average molecular weight is 296 g/mol. The number of oxazole rings is 1. The molecule has 0 saturated carbocycles. The molecular formula is C17H13FN2O2. The van der Waals surface area contributed by atoms with Gasteiger partial charge in [0.25, 0.3) is 0 Å². The van der Waals surface area contributed by atoms with E-state index in [1.165, 1.54) is 18.5 Å². The van der Waals surface area contributed by atoms with Crippen LogP contribution in [0.1, 0.15) is 11.1 Å². The summed E-state index contributed by atoms with van der Waals surface area (Å²) in [4.78, 5) is 8.20. The van der Waals surface area contributed by atoms with Gasteiger partial charge in [0.15, 0.2) is 12.2 Å². The molecule has 0 bridgehead atoms. The van der Waals surface area contributed by atoms with Crippen molar-refractivity contribution in [2.45, 2.75) is 6.61 Å². The summed E-state index contributed by atoms with van der Waals surface area (Å²) in [6.07, 6.45) is 4.58. The SMILES string of the molecule is OCc1cc(/N=C/c2ccc(F)cc2)ccc1-c1cnco1. The van der Waals surface area contributed by atoms with Gasteiger partial charge < -0.3 is 9.52 Å². The molecule has 1 aromatic heterocycles. The number of aliphatic hydroxyl groups is 1. The standard InChI is InChI=1S/C17H13FN2O2/c18-14-3-1-12(2-4-14)8-20-15-5-6-16(13(7-15)10-21)17-9-19-11-22-17/h1-9,11,21H,10H2/b20-8+. The molecule has 110 valence electrons. The number of aliphatic hydroxyl groups excluding tert-OH is 1. The molecule has 22 heavy (non-hydrogen) atoms. The molecule has 0 atom stereocenters. The minimum absolute atomic E-state index is 0.129. The molecule has 0 aliphatic carbocycles. The van der Waals surface area contributed by atoms with E-state index in [2.05, 4.69) is 9.98 Å². The van der Waals surface area contributed by atoms with Crippen LogP contribution in [0.15, 0.2) is 64.5 Å². The molecule has 0 saturated heterocycles. The average Bonchev–Trinajstić information content (AvgIpc) is 3.08. The van der Waals surface area contributed by atoms with Crippen molar-refractivity contribution in [3.05, 3.63) is 72.0 Å². The first-order valence-corrected chi connectivity index (χ1v) is 6.68. The molecule has 0 spiro atoms. The number of hydrogen-bond acceptors (Lipinski definition) is 4. The zero-order chi connectivity index (χ0) is 15.4. The van der Waals surface area contributed by atoms with Gasteiger partial charge in [-0.3, -0.25) is 4.99 Å². The lowest BCUT2D eigenvalue weighted by atomic mass is 10.1. The summed E-state index contributed by atoms with van der Waals surface area (Å²) in [5.74, 6) is 0.314. The van der Waals surface area contributed by atoms with Crippen molar-refractivity contribution in [1.82, 2.24) is 4.98 Å². The first-order valence-electron chi connectivity index (χ1n) is 6.68. The molecule has 3 rings (SSSR count). The van der Waals surface area contributed by atoms with E-state index < -0.39 is 0 Å². The van der Waals surface area contributed by atoms with Crippen molar-refractivity contribution in [2.75, 3.05) is 0 Å². The fourth-order valence-electron chi connectivity index (χ4n) is 2.08. The third-order valence-corrected chi connectivity index (χ3v) is 3.19. The Balaban J connectivity index is 1.87. The topological polar surface area (TPSA) is 58.6 Å². The minimum Gasteiger partial charge on any atom is -0.444 e. The Morgan fingerprint density at radius 3 is 2.68 bits per heavy atom. The highest BCUT2D eigenvalue weighted by molar-refractivity contribution is 5.82. The van der Waals surface area contributed by atoms with Gasteiger partial charge in [0.2, 0.25) is 0 Å². The molecular weight excluding hydrogens is 283 g/mol. The van der Waals surface area contributed by atoms with Gasteiger partial charge in [0.05, 0.1) is 18.5 Å². The molecule has 1 heterocycles. The van der Waals surface area contributed by atoms with Crippen molar-refractivity contribution in [1.29, 1.82) is 0 Å². The third kappa shape index (κ3) is 3.10. The lowest BCUT2D eigenvalue weighted by Gasteiger charge is -2.05. The smallest absolute Gasteiger partial charge is 0.181 e. The van der Waals surface area contributed by atoms with E-state index in [-0.39, 0.29) is 12.4 Å². The number of aromatic nitrogens is 1. The van der Waals surface area contributed by atoms with Crippen molar-refractivity contribution < 1.29 is 13.9 Å². The minimum atomic E-state index is -0.281. The Hall–Kier alpha value is -2.79. The number of nitrogens with zero attached hydrogens (tertiary/aromatic N) is 2. The second kappa shape index (κ2) is 6.32. The van der Waals surface area contributed by atoms with Crippen LogP contribution in [-0.4, -0.2) is 16.3 Å². The van der Waals surface area contributed by atoms with Crippen LogP contribution >= 0.6 is 0 Å². The molecule has 0 unspecified atom stereocenters. The number of hydrogen-bond donors (Lipinski definition) is 1. The molecule has 2 aromatic carbocycles. The lowest BCUT2D eigenvalue weighted by Crippen LogP contribution is -1.88. The summed E-state index contributed by atoms with van der Waals surface area (Å²) in [7, 11) is 0. The Morgan fingerprint density at radius 1 is 1.18 bits per heavy atom. The highest BCUT2D eigenvalue weighted by Crippen LogP contribution is 2.27. The maximum atomic E-state index is 12.8. The van der Waals surface area contributed by atoms with Crippen LogP contribution in [0.5, 0.6) is 0 Å². The molecule has 5 heteroatoms. The molecule has 0 fully saturated rings. The molecule has 1 N–H and O–H groups in total. The van der Waals surface area contributed by atoms with Gasteiger partial charge in [-0.05, 0) is 41.5 Å². The number of benzene rings is 2. The van der Waals surface area contributed by atoms with Crippen molar-refractivity contribution in [3.63, 3.8) is 0 Å². The Bertz CT molecular complexity index is 781. The molecule has 0 aliphatic heterocycles. The van der Waals surface area contributed by atoms with Gasteiger partial charge in [0, 0.05) is 11.8 Å². The summed E-state index contributed by atoms with van der Waals surface area (Å²) in [6, 6.07) is 11.5.